The predicted octanol–water partition coefficient (Wildman–Crippen LogP) is 0.948. The number of rotatable bonds is 4. The van der Waals surface area contributed by atoms with Crippen molar-refractivity contribution >= 4 is 17.6 Å². The van der Waals surface area contributed by atoms with Gasteiger partial charge in [-0.25, -0.2) is 4.68 Å². The molecule has 0 saturated heterocycles. The van der Waals surface area contributed by atoms with Gasteiger partial charge >= 0.3 is 5.97 Å². The molecule has 0 aliphatic heterocycles. The number of benzene rings is 1. The standard InChI is InChI=1S/C13H14N4O3/c1-9-3-5-10(6-4-9)16(2)13(20)11-7-17(15-14-11)8-12(18)19/h3-7H,8H2,1-2H3,(H,18,19). The topological polar surface area (TPSA) is 88.3 Å². The lowest BCUT2D eigenvalue weighted by molar-refractivity contribution is -0.137. The first-order valence-electron chi connectivity index (χ1n) is 5.94. The van der Waals surface area contributed by atoms with Gasteiger partial charge in [0, 0.05) is 12.7 Å². The normalized spacial score (nSPS) is 10.3. The van der Waals surface area contributed by atoms with Crippen molar-refractivity contribution in [1.82, 2.24) is 15.0 Å². The van der Waals surface area contributed by atoms with Crippen LogP contribution in [0.4, 0.5) is 5.69 Å². The van der Waals surface area contributed by atoms with Crippen LogP contribution in [0.25, 0.3) is 0 Å². The lowest BCUT2D eigenvalue weighted by Gasteiger charge is -2.15. The molecular formula is C13H14N4O3. The number of hydrogen-bond donors (Lipinski definition) is 1. The predicted molar refractivity (Wildman–Crippen MR) is 71.6 cm³/mol. The summed E-state index contributed by atoms with van der Waals surface area (Å²) in [6, 6.07) is 7.46. The lowest BCUT2D eigenvalue weighted by atomic mass is 10.2. The molecule has 1 amide bonds. The average molecular weight is 274 g/mol. The van der Waals surface area contributed by atoms with Crippen LogP contribution in [0.2, 0.25) is 0 Å². The quantitative estimate of drug-likeness (QED) is 0.896. The Bertz CT molecular complexity index is 633. The number of anilines is 1. The third-order valence-electron chi connectivity index (χ3n) is 2.78. The molecule has 20 heavy (non-hydrogen) atoms. The van der Waals surface area contributed by atoms with Gasteiger partial charge in [0.05, 0.1) is 6.20 Å². The van der Waals surface area contributed by atoms with Crippen molar-refractivity contribution in [2.75, 3.05) is 11.9 Å². The van der Waals surface area contributed by atoms with Gasteiger partial charge in [-0.1, -0.05) is 22.9 Å². The van der Waals surface area contributed by atoms with Crippen LogP contribution in [0.1, 0.15) is 16.1 Å². The number of aromatic nitrogens is 3. The lowest BCUT2D eigenvalue weighted by Crippen LogP contribution is -2.26. The number of carboxylic acids is 1. The summed E-state index contributed by atoms with van der Waals surface area (Å²) in [5.74, 6) is -1.38. The van der Waals surface area contributed by atoms with Crippen molar-refractivity contribution in [2.24, 2.45) is 0 Å². The number of hydrogen-bond acceptors (Lipinski definition) is 4. The number of nitrogens with zero attached hydrogens (tertiary/aromatic N) is 4. The van der Waals surface area contributed by atoms with Crippen LogP contribution < -0.4 is 4.90 Å². The van der Waals surface area contributed by atoms with E-state index in [9.17, 15) is 9.59 Å². The Morgan fingerprint density at radius 2 is 1.95 bits per heavy atom. The summed E-state index contributed by atoms with van der Waals surface area (Å²) in [5.41, 5.74) is 1.93. The third kappa shape index (κ3) is 3.00. The van der Waals surface area contributed by atoms with Crippen molar-refractivity contribution in [3.63, 3.8) is 0 Å². The molecule has 7 heteroatoms. The van der Waals surface area contributed by atoms with Crippen molar-refractivity contribution in [2.45, 2.75) is 13.5 Å². The summed E-state index contributed by atoms with van der Waals surface area (Å²) in [6.07, 6.45) is 1.32. The van der Waals surface area contributed by atoms with Crippen LogP contribution in [0.5, 0.6) is 0 Å². The van der Waals surface area contributed by atoms with Gasteiger partial charge in [-0.05, 0) is 19.1 Å². The number of carbonyl (C=O) groups is 2. The zero-order valence-electron chi connectivity index (χ0n) is 11.1. The Labute approximate surface area is 115 Å². The first kappa shape index (κ1) is 13.7. The molecule has 2 rings (SSSR count). The van der Waals surface area contributed by atoms with Gasteiger partial charge in [0.25, 0.3) is 5.91 Å². The molecule has 0 aliphatic rings. The maximum Gasteiger partial charge on any atom is 0.325 e. The van der Waals surface area contributed by atoms with Crippen LogP contribution in [-0.2, 0) is 11.3 Å². The van der Waals surface area contributed by atoms with E-state index in [0.29, 0.717) is 0 Å². The second-order valence-electron chi connectivity index (χ2n) is 4.39. The van der Waals surface area contributed by atoms with Gasteiger partial charge < -0.3 is 10.0 Å². The number of carbonyl (C=O) groups excluding carboxylic acids is 1. The summed E-state index contributed by atoms with van der Waals surface area (Å²) in [4.78, 5) is 24.2. The van der Waals surface area contributed by atoms with E-state index in [1.165, 1.54) is 11.1 Å². The van der Waals surface area contributed by atoms with Gasteiger partial charge in [0.2, 0.25) is 0 Å². The molecule has 0 aliphatic carbocycles. The Hall–Kier alpha value is -2.70. The molecule has 0 spiro atoms. The summed E-state index contributed by atoms with van der Waals surface area (Å²) in [5, 5.41) is 15.9. The first-order chi connectivity index (χ1) is 9.47. The molecule has 0 saturated carbocycles. The van der Waals surface area contributed by atoms with Gasteiger partial charge in [0.1, 0.15) is 6.54 Å². The van der Waals surface area contributed by atoms with Gasteiger partial charge in [-0.2, -0.15) is 0 Å². The Morgan fingerprint density at radius 1 is 1.30 bits per heavy atom. The molecule has 1 heterocycles. The Kier molecular flexibility index (Phi) is 3.79. The Morgan fingerprint density at radius 3 is 2.55 bits per heavy atom. The summed E-state index contributed by atoms with van der Waals surface area (Å²) >= 11 is 0. The smallest absolute Gasteiger partial charge is 0.325 e. The van der Waals surface area contributed by atoms with E-state index in [-0.39, 0.29) is 18.1 Å². The highest BCUT2D eigenvalue weighted by Crippen LogP contribution is 2.15. The fourth-order valence-electron chi connectivity index (χ4n) is 1.67. The van der Waals surface area contributed by atoms with E-state index >= 15 is 0 Å². The largest absolute Gasteiger partial charge is 0.480 e. The van der Waals surface area contributed by atoms with Crippen molar-refractivity contribution in [3.8, 4) is 0 Å². The molecular weight excluding hydrogens is 260 g/mol. The number of carboxylic acid groups (broad SMARTS) is 1. The molecule has 0 radical (unpaired) electrons. The van der Waals surface area contributed by atoms with E-state index in [4.69, 9.17) is 5.11 Å². The fourth-order valence-corrected chi connectivity index (χ4v) is 1.67. The van der Waals surface area contributed by atoms with E-state index in [0.717, 1.165) is 15.9 Å². The molecule has 0 fully saturated rings. The highest BCUT2D eigenvalue weighted by Gasteiger charge is 2.17. The molecule has 7 nitrogen and oxygen atoms in total. The maximum absolute atomic E-state index is 12.2. The molecule has 104 valence electrons. The van der Waals surface area contributed by atoms with E-state index < -0.39 is 5.97 Å². The minimum Gasteiger partial charge on any atom is -0.480 e. The van der Waals surface area contributed by atoms with Crippen LogP contribution in [0, 0.1) is 6.92 Å². The monoisotopic (exact) mass is 274 g/mol. The molecule has 0 atom stereocenters. The highest BCUT2D eigenvalue weighted by atomic mass is 16.4. The van der Waals surface area contributed by atoms with Crippen LogP contribution >= 0.6 is 0 Å². The summed E-state index contributed by atoms with van der Waals surface area (Å²) in [6.45, 7) is 1.64. The molecule has 1 aromatic heterocycles. The van der Waals surface area contributed by atoms with Crippen LogP contribution in [0.3, 0.4) is 0 Å². The number of amides is 1. The minimum absolute atomic E-state index is 0.106. The van der Waals surface area contributed by atoms with Crippen LogP contribution in [0.15, 0.2) is 30.5 Å². The van der Waals surface area contributed by atoms with E-state index in [2.05, 4.69) is 10.3 Å². The SMILES string of the molecule is Cc1ccc(N(C)C(=O)c2cn(CC(=O)O)nn2)cc1. The molecule has 0 unspecified atom stereocenters. The van der Waals surface area contributed by atoms with Gasteiger partial charge in [-0.15, -0.1) is 5.10 Å². The second-order valence-corrected chi connectivity index (χ2v) is 4.39. The maximum atomic E-state index is 12.2. The first-order valence-corrected chi connectivity index (χ1v) is 5.94. The third-order valence-corrected chi connectivity index (χ3v) is 2.78. The number of aliphatic carboxylic acids is 1. The zero-order valence-corrected chi connectivity index (χ0v) is 11.1. The molecule has 1 N–H and O–H groups in total. The van der Waals surface area contributed by atoms with E-state index in [1.807, 2.05) is 31.2 Å². The van der Waals surface area contributed by atoms with Gasteiger partial charge in [-0.3, -0.25) is 9.59 Å². The zero-order chi connectivity index (χ0) is 14.7. The van der Waals surface area contributed by atoms with Gasteiger partial charge in [0.15, 0.2) is 5.69 Å². The summed E-state index contributed by atoms with van der Waals surface area (Å²) in [7, 11) is 1.63. The number of aryl methyl sites for hydroxylation is 1. The van der Waals surface area contributed by atoms with Crippen molar-refractivity contribution in [1.29, 1.82) is 0 Å². The van der Waals surface area contributed by atoms with Crippen molar-refractivity contribution in [3.05, 3.63) is 41.7 Å². The molecule has 0 bridgehead atoms. The van der Waals surface area contributed by atoms with E-state index in [1.54, 1.807) is 7.05 Å². The van der Waals surface area contributed by atoms with Crippen LogP contribution in [-0.4, -0.2) is 39.0 Å². The molecule has 1 aromatic carbocycles. The molecule has 2 aromatic rings. The fraction of sp³-hybridized carbons (Fsp3) is 0.231. The minimum atomic E-state index is -1.04. The summed E-state index contributed by atoms with van der Waals surface area (Å²) < 4.78 is 1.11. The Balaban J connectivity index is 2.16. The van der Waals surface area contributed by atoms with Crippen molar-refractivity contribution < 1.29 is 14.7 Å². The average Bonchev–Trinajstić information content (AvgIpc) is 2.85. The second kappa shape index (κ2) is 5.52. The highest BCUT2D eigenvalue weighted by molar-refractivity contribution is 6.04.